The summed E-state index contributed by atoms with van der Waals surface area (Å²) in [6, 6.07) is 7.96. The van der Waals surface area contributed by atoms with Crippen molar-refractivity contribution in [2.45, 2.75) is 77.7 Å². The van der Waals surface area contributed by atoms with Crippen LogP contribution in [0.15, 0.2) is 24.3 Å². The number of nitrogens with zero attached hydrogens (tertiary/aromatic N) is 1. The van der Waals surface area contributed by atoms with E-state index in [-0.39, 0.29) is 29.8 Å². The number of likely N-dealkylation sites (tertiary alicyclic amines) is 1. The maximum Gasteiger partial charge on any atom is 0.252 e. The second kappa shape index (κ2) is 8.34. The van der Waals surface area contributed by atoms with Gasteiger partial charge >= 0.3 is 0 Å². The molecule has 5 heteroatoms. The topological polar surface area (TPSA) is 55.8 Å². The fraction of sp³-hybridized carbons (Fsp3) is 0.652. The normalized spacial score (nSPS) is 23.4. The average Bonchev–Trinajstić information content (AvgIpc) is 3.20. The highest BCUT2D eigenvalue weighted by Crippen LogP contribution is 2.29. The summed E-state index contributed by atoms with van der Waals surface area (Å²) in [6.45, 7) is 11.8. The van der Waals surface area contributed by atoms with Crippen LogP contribution in [0.5, 0.6) is 0 Å². The third kappa shape index (κ3) is 4.64. The minimum absolute atomic E-state index is 0.0110. The molecule has 5 nitrogen and oxygen atoms in total. The Morgan fingerprint density at radius 2 is 1.93 bits per heavy atom. The number of amides is 1. The third-order valence-corrected chi connectivity index (χ3v) is 5.63. The van der Waals surface area contributed by atoms with Crippen molar-refractivity contribution < 1.29 is 19.1 Å². The first-order valence-electron chi connectivity index (χ1n) is 10.3. The summed E-state index contributed by atoms with van der Waals surface area (Å²) in [5, 5.41) is 0. The zero-order chi connectivity index (χ0) is 20.5. The Morgan fingerprint density at radius 1 is 1.25 bits per heavy atom. The van der Waals surface area contributed by atoms with Gasteiger partial charge in [0.15, 0.2) is 5.78 Å². The Hall–Kier alpha value is -1.72. The van der Waals surface area contributed by atoms with Gasteiger partial charge < -0.3 is 14.4 Å². The molecular formula is C23H33NO4. The SMILES string of the molecule is CC(C)CC(OCc1ccc(C(C)(C)C)cc1)C(=O)N1CCC2OCC(=O)C21. The van der Waals surface area contributed by atoms with Gasteiger partial charge in [-0.2, -0.15) is 0 Å². The van der Waals surface area contributed by atoms with Crippen molar-refractivity contribution in [2.24, 2.45) is 5.92 Å². The molecule has 0 aliphatic carbocycles. The van der Waals surface area contributed by atoms with E-state index in [1.54, 1.807) is 4.90 Å². The predicted octanol–water partition coefficient (Wildman–Crippen LogP) is 3.48. The maximum absolute atomic E-state index is 13.2. The largest absolute Gasteiger partial charge is 0.368 e. The fourth-order valence-electron chi connectivity index (χ4n) is 3.99. The molecule has 0 N–H and O–H groups in total. The van der Waals surface area contributed by atoms with Crippen LogP contribution < -0.4 is 0 Å². The van der Waals surface area contributed by atoms with Gasteiger partial charge in [-0.15, -0.1) is 0 Å². The van der Waals surface area contributed by atoms with Crippen molar-refractivity contribution in [1.82, 2.24) is 4.90 Å². The molecule has 1 aromatic carbocycles. The molecule has 3 rings (SSSR count). The lowest BCUT2D eigenvalue weighted by atomic mass is 9.87. The van der Waals surface area contributed by atoms with E-state index in [9.17, 15) is 9.59 Å². The minimum Gasteiger partial charge on any atom is -0.368 e. The second-order valence-electron chi connectivity index (χ2n) is 9.46. The van der Waals surface area contributed by atoms with E-state index in [4.69, 9.17) is 9.47 Å². The molecule has 2 aliphatic heterocycles. The molecule has 0 radical (unpaired) electrons. The van der Waals surface area contributed by atoms with E-state index in [1.165, 1.54) is 5.56 Å². The Morgan fingerprint density at radius 3 is 2.54 bits per heavy atom. The van der Waals surface area contributed by atoms with Crippen LogP contribution in [0.3, 0.4) is 0 Å². The Labute approximate surface area is 168 Å². The number of carbonyl (C=O) groups is 2. The van der Waals surface area contributed by atoms with Gasteiger partial charge in [0.2, 0.25) is 0 Å². The summed E-state index contributed by atoms with van der Waals surface area (Å²) in [5.74, 6) is 0.259. The quantitative estimate of drug-likeness (QED) is 0.750. The van der Waals surface area contributed by atoms with Crippen LogP contribution in [0.2, 0.25) is 0 Å². The van der Waals surface area contributed by atoms with Crippen LogP contribution in [0.1, 0.15) is 58.6 Å². The van der Waals surface area contributed by atoms with Gasteiger partial charge in [-0.25, -0.2) is 0 Å². The van der Waals surface area contributed by atoms with Gasteiger partial charge in [-0.05, 0) is 35.3 Å². The Balaban J connectivity index is 1.67. The van der Waals surface area contributed by atoms with Crippen molar-refractivity contribution in [3.8, 4) is 0 Å². The number of hydrogen-bond donors (Lipinski definition) is 0. The standard InChI is InChI=1S/C23H33NO4/c1-15(2)12-20(22(26)24-11-10-19-21(24)18(25)14-28-19)27-13-16-6-8-17(9-7-16)23(3,4)5/h6-9,15,19-21H,10-14H2,1-5H3. The summed E-state index contributed by atoms with van der Waals surface area (Å²) in [6.07, 6.45) is 0.697. The first-order valence-corrected chi connectivity index (χ1v) is 10.3. The van der Waals surface area contributed by atoms with E-state index < -0.39 is 12.1 Å². The summed E-state index contributed by atoms with van der Waals surface area (Å²) in [7, 11) is 0. The summed E-state index contributed by atoms with van der Waals surface area (Å²) in [4.78, 5) is 27.0. The lowest BCUT2D eigenvalue weighted by Crippen LogP contribution is -2.47. The highest BCUT2D eigenvalue weighted by Gasteiger charge is 2.48. The smallest absolute Gasteiger partial charge is 0.252 e. The van der Waals surface area contributed by atoms with Gasteiger partial charge in [-0.3, -0.25) is 9.59 Å². The van der Waals surface area contributed by atoms with E-state index in [0.29, 0.717) is 25.5 Å². The molecule has 3 atom stereocenters. The van der Waals surface area contributed by atoms with E-state index in [2.05, 4.69) is 58.9 Å². The van der Waals surface area contributed by atoms with Crippen molar-refractivity contribution in [3.05, 3.63) is 35.4 Å². The molecule has 0 saturated carbocycles. The number of fused-ring (bicyclic) bond motifs is 1. The van der Waals surface area contributed by atoms with Gasteiger partial charge in [0.25, 0.3) is 5.91 Å². The average molecular weight is 388 g/mol. The second-order valence-corrected chi connectivity index (χ2v) is 9.46. The van der Waals surface area contributed by atoms with Gasteiger partial charge in [-0.1, -0.05) is 58.9 Å². The molecule has 0 bridgehead atoms. The van der Waals surface area contributed by atoms with Gasteiger partial charge in [0.1, 0.15) is 18.8 Å². The van der Waals surface area contributed by atoms with Crippen LogP contribution in [0, 0.1) is 5.92 Å². The molecule has 0 aromatic heterocycles. The molecule has 2 aliphatic rings. The van der Waals surface area contributed by atoms with Crippen LogP contribution in [-0.2, 0) is 31.1 Å². The monoisotopic (exact) mass is 387 g/mol. The highest BCUT2D eigenvalue weighted by atomic mass is 16.5. The van der Waals surface area contributed by atoms with Gasteiger partial charge in [0.05, 0.1) is 12.7 Å². The van der Waals surface area contributed by atoms with Gasteiger partial charge in [0, 0.05) is 6.54 Å². The molecule has 1 amide bonds. The van der Waals surface area contributed by atoms with Crippen molar-refractivity contribution in [2.75, 3.05) is 13.2 Å². The van der Waals surface area contributed by atoms with Crippen LogP contribution in [0.25, 0.3) is 0 Å². The zero-order valence-corrected chi connectivity index (χ0v) is 17.7. The van der Waals surface area contributed by atoms with Crippen LogP contribution in [-0.4, -0.2) is 48.0 Å². The first-order chi connectivity index (χ1) is 13.2. The first kappa shape index (κ1) is 21.0. The highest BCUT2D eigenvalue weighted by molar-refractivity contribution is 5.93. The fourth-order valence-corrected chi connectivity index (χ4v) is 3.99. The van der Waals surface area contributed by atoms with E-state index in [0.717, 1.165) is 12.0 Å². The number of ketones is 1. The van der Waals surface area contributed by atoms with Crippen molar-refractivity contribution >= 4 is 11.7 Å². The Kier molecular flexibility index (Phi) is 6.25. The zero-order valence-electron chi connectivity index (χ0n) is 17.7. The van der Waals surface area contributed by atoms with Crippen molar-refractivity contribution in [1.29, 1.82) is 0 Å². The number of Topliss-reactive ketones (excluding diaryl/α,β-unsaturated/α-hetero) is 1. The maximum atomic E-state index is 13.2. The molecule has 2 heterocycles. The number of benzene rings is 1. The molecule has 3 unspecified atom stereocenters. The summed E-state index contributed by atoms with van der Waals surface area (Å²) >= 11 is 0. The molecular weight excluding hydrogens is 354 g/mol. The lowest BCUT2D eigenvalue weighted by molar-refractivity contribution is -0.148. The third-order valence-electron chi connectivity index (χ3n) is 5.63. The molecule has 1 aromatic rings. The van der Waals surface area contributed by atoms with Crippen molar-refractivity contribution in [3.63, 3.8) is 0 Å². The molecule has 2 fully saturated rings. The van der Waals surface area contributed by atoms with Crippen LogP contribution >= 0.6 is 0 Å². The Bertz CT molecular complexity index is 704. The number of hydrogen-bond acceptors (Lipinski definition) is 4. The predicted molar refractivity (Wildman–Crippen MR) is 108 cm³/mol. The number of carbonyl (C=O) groups excluding carboxylic acids is 2. The van der Waals surface area contributed by atoms with E-state index >= 15 is 0 Å². The minimum atomic E-state index is -0.533. The molecule has 154 valence electrons. The molecule has 0 spiro atoms. The molecule has 28 heavy (non-hydrogen) atoms. The van der Waals surface area contributed by atoms with Crippen LogP contribution in [0.4, 0.5) is 0 Å². The molecule has 2 saturated heterocycles. The summed E-state index contributed by atoms with van der Waals surface area (Å²) < 4.78 is 11.6. The van der Waals surface area contributed by atoms with E-state index in [1.807, 2.05) is 0 Å². The number of rotatable bonds is 6. The lowest BCUT2D eigenvalue weighted by Gasteiger charge is -2.28. The summed E-state index contributed by atoms with van der Waals surface area (Å²) in [5.41, 5.74) is 2.43. The number of ether oxygens (including phenoxy) is 2.